The van der Waals surface area contributed by atoms with E-state index in [9.17, 15) is 18.3 Å². The van der Waals surface area contributed by atoms with Gasteiger partial charge in [-0.15, -0.1) is 0 Å². The van der Waals surface area contributed by atoms with E-state index in [0.717, 1.165) is 0 Å². The minimum atomic E-state index is -3.82. The van der Waals surface area contributed by atoms with Gasteiger partial charge in [-0.05, 0) is 36.4 Å². The molecule has 1 amide bonds. The van der Waals surface area contributed by atoms with Gasteiger partial charge >= 0.3 is 0 Å². The van der Waals surface area contributed by atoms with Gasteiger partial charge in [-0.1, -0.05) is 23.7 Å². The zero-order valence-electron chi connectivity index (χ0n) is 12.3. The number of phenolic OH excluding ortho intramolecular Hbond substituents is 1. The van der Waals surface area contributed by atoms with Crippen LogP contribution in [0.3, 0.4) is 0 Å². The molecule has 0 radical (unpaired) electrons. The Kier molecular flexibility index (Phi) is 5.91. The Morgan fingerprint density at radius 2 is 1.83 bits per heavy atom. The van der Waals surface area contributed by atoms with E-state index in [0.29, 0.717) is 10.6 Å². The first-order valence-corrected chi connectivity index (χ1v) is 8.60. The van der Waals surface area contributed by atoms with Crippen molar-refractivity contribution < 1.29 is 18.3 Å². The van der Waals surface area contributed by atoms with Gasteiger partial charge in [0, 0.05) is 10.6 Å². The maximum Gasteiger partial charge on any atom is 0.255 e. The van der Waals surface area contributed by atoms with Gasteiger partial charge in [-0.25, -0.2) is 18.6 Å². The van der Waals surface area contributed by atoms with Crippen LogP contribution in [-0.4, -0.2) is 32.2 Å². The van der Waals surface area contributed by atoms with Gasteiger partial charge < -0.3 is 5.11 Å². The van der Waals surface area contributed by atoms with E-state index in [1.54, 1.807) is 18.2 Å². The number of hydrazone groups is 1. The van der Waals surface area contributed by atoms with Gasteiger partial charge in [-0.2, -0.15) is 5.10 Å². The van der Waals surface area contributed by atoms with E-state index < -0.39 is 22.5 Å². The highest BCUT2D eigenvalue weighted by Crippen LogP contribution is 2.14. The Labute approximate surface area is 144 Å². The first-order chi connectivity index (χ1) is 11.4. The van der Waals surface area contributed by atoms with E-state index in [1.807, 2.05) is 0 Å². The van der Waals surface area contributed by atoms with Crippen molar-refractivity contribution in [2.75, 3.05) is 6.54 Å². The second-order valence-electron chi connectivity index (χ2n) is 4.63. The average Bonchev–Trinajstić information content (AvgIpc) is 2.55. The summed E-state index contributed by atoms with van der Waals surface area (Å²) >= 11 is 5.70. The SMILES string of the molecule is O=C(CNS(=O)(=O)c1ccc(Cl)cc1)NN=Cc1ccccc1O. The zero-order chi connectivity index (χ0) is 17.6. The second kappa shape index (κ2) is 7.91. The average molecular weight is 368 g/mol. The smallest absolute Gasteiger partial charge is 0.255 e. The van der Waals surface area contributed by atoms with Gasteiger partial charge in [0.05, 0.1) is 17.7 Å². The monoisotopic (exact) mass is 367 g/mol. The van der Waals surface area contributed by atoms with Crippen molar-refractivity contribution in [2.45, 2.75) is 4.90 Å². The van der Waals surface area contributed by atoms with Crippen LogP contribution in [0.1, 0.15) is 5.56 Å². The fourth-order valence-electron chi connectivity index (χ4n) is 1.67. The number of nitrogens with one attached hydrogen (secondary N) is 2. The van der Waals surface area contributed by atoms with Gasteiger partial charge in [-0.3, -0.25) is 4.79 Å². The van der Waals surface area contributed by atoms with Crippen molar-refractivity contribution in [1.82, 2.24) is 10.1 Å². The third-order valence-corrected chi connectivity index (χ3v) is 4.55. The first kappa shape index (κ1) is 17.9. The van der Waals surface area contributed by atoms with E-state index >= 15 is 0 Å². The van der Waals surface area contributed by atoms with Gasteiger partial charge in [0.25, 0.3) is 5.91 Å². The molecule has 2 rings (SSSR count). The minimum Gasteiger partial charge on any atom is -0.507 e. The highest BCUT2D eigenvalue weighted by atomic mass is 35.5. The summed E-state index contributed by atoms with van der Waals surface area (Å²) in [5.74, 6) is -0.641. The molecule has 0 aliphatic heterocycles. The van der Waals surface area contributed by atoms with Gasteiger partial charge in [0.2, 0.25) is 10.0 Å². The van der Waals surface area contributed by atoms with Crippen LogP contribution in [0, 0.1) is 0 Å². The quantitative estimate of drug-likeness (QED) is 0.530. The van der Waals surface area contributed by atoms with E-state index in [4.69, 9.17) is 11.6 Å². The Bertz CT molecular complexity index is 851. The molecule has 0 spiro atoms. The molecule has 0 aliphatic rings. The molecule has 0 atom stereocenters. The molecule has 126 valence electrons. The number of hydrogen-bond donors (Lipinski definition) is 3. The fourth-order valence-corrected chi connectivity index (χ4v) is 2.78. The van der Waals surface area contributed by atoms with E-state index in [2.05, 4.69) is 15.2 Å². The molecule has 7 nitrogen and oxygen atoms in total. The standard InChI is InChI=1S/C15H14ClN3O4S/c16-12-5-7-13(8-6-12)24(22,23)18-10-15(21)19-17-9-11-3-1-2-4-14(11)20/h1-9,18,20H,10H2,(H,19,21). The summed E-state index contributed by atoms with van der Waals surface area (Å²) in [6.45, 7) is -0.483. The number of nitrogens with zero attached hydrogens (tertiary/aromatic N) is 1. The number of hydrogen-bond acceptors (Lipinski definition) is 5. The van der Waals surface area contributed by atoms with E-state index in [1.165, 1.54) is 36.5 Å². The van der Waals surface area contributed by atoms with Crippen molar-refractivity contribution in [3.05, 3.63) is 59.1 Å². The molecule has 0 fully saturated rings. The summed E-state index contributed by atoms with van der Waals surface area (Å²) in [7, 11) is -3.82. The van der Waals surface area contributed by atoms with Crippen molar-refractivity contribution in [3.8, 4) is 5.75 Å². The number of carbonyl (C=O) groups is 1. The Hall–Kier alpha value is -2.42. The van der Waals surface area contributed by atoms with E-state index in [-0.39, 0.29) is 10.6 Å². The van der Waals surface area contributed by atoms with Crippen LogP contribution in [0.4, 0.5) is 0 Å². The number of halogens is 1. The summed E-state index contributed by atoms with van der Waals surface area (Å²) in [5.41, 5.74) is 2.58. The molecule has 0 aromatic heterocycles. The van der Waals surface area contributed by atoms with Crippen molar-refractivity contribution in [1.29, 1.82) is 0 Å². The van der Waals surface area contributed by atoms with Crippen LogP contribution < -0.4 is 10.1 Å². The molecular formula is C15H14ClN3O4S. The Balaban J connectivity index is 1.89. The second-order valence-corrected chi connectivity index (χ2v) is 6.83. The number of benzene rings is 2. The molecular weight excluding hydrogens is 354 g/mol. The molecule has 0 saturated carbocycles. The largest absolute Gasteiger partial charge is 0.507 e. The summed E-state index contributed by atoms with van der Waals surface area (Å²) in [4.78, 5) is 11.6. The molecule has 0 aliphatic carbocycles. The highest BCUT2D eigenvalue weighted by Gasteiger charge is 2.15. The number of rotatable bonds is 6. The summed E-state index contributed by atoms with van der Waals surface area (Å²) < 4.78 is 26.1. The molecule has 0 saturated heterocycles. The van der Waals surface area contributed by atoms with Crippen LogP contribution in [-0.2, 0) is 14.8 Å². The summed E-state index contributed by atoms with van der Waals surface area (Å²) in [6, 6.07) is 12.0. The number of sulfonamides is 1. The predicted octanol–water partition coefficient (Wildman–Crippen LogP) is 1.47. The van der Waals surface area contributed by atoms with Crippen LogP contribution in [0.25, 0.3) is 0 Å². The molecule has 0 bridgehead atoms. The molecule has 3 N–H and O–H groups in total. The number of phenols is 1. The Morgan fingerprint density at radius 3 is 2.50 bits per heavy atom. The third-order valence-electron chi connectivity index (χ3n) is 2.88. The van der Waals surface area contributed by atoms with Crippen LogP contribution in [0.2, 0.25) is 5.02 Å². The number of aromatic hydroxyl groups is 1. The molecule has 9 heteroatoms. The third kappa shape index (κ3) is 5.05. The molecule has 0 heterocycles. The molecule has 24 heavy (non-hydrogen) atoms. The number of carbonyl (C=O) groups excluding carboxylic acids is 1. The summed E-state index contributed by atoms with van der Waals surface area (Å²) in [5, 5.41) is 13.6. The highest BCUT2D eigenvalue weighted by molar-refractivity contribution is 7.89. The zero-order valence-corrected chi connectivity index (χ0v) is 13.9. The normalized spacial score (nSPS) is 11.5. The lowest BCUT2D eigenvalue weighted by atomic mass is 10.2. The lowest BCUT2D eigenvalue weighted by Crippen LogP contribution is -2.34. The lowest BCUT2D eigenvalue weighted by Gasteiger charge is -2.06. The van der Waals surface area contributed by atoms with Crippen molar-refractivity contribution in [3.63, 3.8) is 0 Å². The number of amides is 1. The Morgan fingerprint density at radius 1 is 1.17 bits per heavy atom. The van der Waals surface area contributed by atoms with Crippen LogP contribution >= 0.6 is 11.6 Å². The first-order valence-electron chi connectivity index (χ1n) is 6.73. The minimum absolute atomic E-state index is 0.00240. The van der Waals surface area contributed by atoms with Crippen molar-refractivity contribution >= 4 is 33.7 Å². The predicted molar refractivity (Wildman–Crippen MR) is 90.5 cm³/mol. The van der Waals surface area contributed by atoms with Crippen LogP contribution in [0.5, 0.6) is 5.75 Å². The summed E-state index contributed by atoms with van der Waals surface area (Å²) in [6.07, 6.45) is 1.25. The van der Waals surface area contributed by atoms with Gasteiger partial charge in [0.15, 0.2) is 0 Å². The topological polar surface area (TPSA) is 108 Å². The maximum atomic E-state index is 12.0. The van der Waals surface area contributed by atoms with Crippen LogP contribution in [0.15, 0.2) is 58.5 Å². The maximum absolute atomic E-state index is 12.0. The lowest BCUT2D eigenvalue weighted by molar-refractivity contribution is -0.119. The fraction of sp³-hybridized carbons (Fsp3) is 0.0667. The van der Waals surface area contributed by atoms with Gasteiger partial charge in [0.1, 0.15) is 5.75 Å². The number of para-hydroxylation sites is 1. The molecule has 0 unspecified atom stereocenters. The molecule has 2 aromatic rings. The molecule has 2 aromatic carbocycles. The van der Waals surface area contributed by atoms with Crippen molar-refractivity contribution in [2.24, 2.45) is 5.10 Å².